The summed E-state index contributed by atoms with van der Waals surface area (Å²) in [5, 5.41) is 4.23. The Morgan fingerprint density at radius 3 is 2.65 bits per heavy atom. The largest absolute Gasteiger partial charge is 0.461 e. The zero-order valence-electron chi connectivity index (χ0n) is 13.3. The Hall–Kier alpha value is -3.45. The van der Waals surface area contributed by atoms with E-state index in [2.05, 4.69) is 10.1 Å². The van der Waals surface area contributed by atoms with E-state index < -0.39 is 0 Å². The van der Waals surface area contributed by atoms with Crippen molar-refractivity contribution < 1.29 is 8.83 Å². The molecule has 0 bridgehead atoms. The molecule has 0 aliphatic heterocycles. The minimum atomic E-state index is -0.229. The highest BCUT2D eigenvalue weighted by Gasteiger charge is 2.13. The molecule has 0 aliphatic rings. The first-order valence-electron chi connectivity index (χ1n) is 7.88. The Morgan fingerprint density at radius 1 is 1.00 bits per heavy atom. The molecule has 0 amide bonds. The highest BCUT2D eigenvalue weighted by molar-refractivity contribution is 7.15. The SMILES string of the molecule is O=c1/c(=C/c2ccc(-c3ccccc3)o2)sc2nc(-c3ccco3)nn12. The van der Waals surface area contributed by atoms with Gasteiger partial charge in [-0.15, -0.1) is 5.10 Å². The molecule has 0 spiro atoms. The molecule has 0 saturated carbocycles. The first kappa shape index (κ1) is 14.9. The second-order valence-corrected chi connectivity index (χ2v) is 6.60. The van der Waals surface area contributed by atoms with E-state index in [9.17, 15) is 4.79 Å². The molecule has 7 heteroatoms. The van der Waals surface area contributed by atoms with Crippen molar-refractivity contribution in [3.05, 3.63) is 81.5 Å². The summed E-state index contributed by atoms with van der Waals surface area (Å²) >= 11 is 1.26. The summed E-state index contributed by atoms with van der Waals surface area (Å²) in [6.45, 7) is 0. The zero-order chi connectivity index (χ0) is 17.5. The van der Waals surface area contributed by atoms with Crippen LogP contribution in [0.25, 0.3) is 33.9 Å². The molecule has 0 N–H and O–H groups in total. The lowest BCUT2D eigenvalue weighted by molar-refractivity contribution is 0.571. The molecule has 5 rings (SSSR count). The van der Waals surface area contributed by atoms with E-state index >= 15 is 0 Å². The maximum absolute atomic E-state index is 12.6. The summed E-state index contributed by atoms with van der Waals surface area (Å²) in [5.41, 5.74) is 0.758. The van der Waals surface area contributed by atoms with Gasteiger partial charge in [0.05, 0.1) is 6.26 Å². The molecule has 5 aromatic rings. The van der Waals surface area contributed by atoms with Crippen LogP contribution in [-0.2, 0) is 0 Å². The predicted octanol–water partition coefficient (Wildman–Crippen LogP) is 3.22. The number of thiazole rings is 1. The summed E-state index contributed by atoms with van der Waals surface area (Å²) < 4.78 is 12.9. The third-order valence-corrected chi connectivity index (χ3v) is 4.84. The topological polar surface area (TPSA) is 73.5 Å². The molecule has 4 heterocycles. The van der Waals surface area contributed by atoms with Crippen LogP contribution in [0.5, 0.6) is 0 Å². The normalized spacial score (nSPS) is 12.2. The fourth-order valence-electron chi connectivity index (χ4n) is 2.66. The lowest BCUT2D eigenvalue weighted by Crippen LogP contribution is -2.23. The standard InChI is InChI=1S/C19H11N3O3S/c23-18-16(11-13-8-9-14(25-13)12-5-2-1-3-6-12)26-19-20-17(21-22(18)19)15-7-4-10-24-15/h1-11H/b16-11-. The Bertz CT molecular complexity index is 1300. The molecule has 0 radical (unpaired) electrons. The molecule has 0 fully saturated rings. The van der Waals surface area contributed by atoms with Crippen molar-refractivity contribution in [1.29, 1.82) is 0 Å². The minimum Gasteiger partial charge on any atom is -0.461 e. The van der Waals surface area contributed by atoms with Gasteiger partial charge in [-0.1, -0.05) is 41.7 Å². The highest BCUT2D eigenvalue weighted by atomic mass is 32.1. The van der Waals surface area contributed by atoms with Gasteiger partial charge in [0.2, 0.25) is 10.8 Å². The number of hydrogen-bond acceptors (Lipinski definition) is 6. The summed E-state index contributed by atoms with van der Waals surface area (Å²) in [4.78, 5) is 17.4. The van der Waals surface area contributed by atoms with Gasteiger partial charge < -0.3 is 8.83 Å². The van der Waals surface area contributed by atoms with Crippen LogP contribution < -0.4 is 10.1 Å². The molecule has 1 aromatic carbocycles. The molecular weight excluding hydrogens is 350 g/mol. The monoisotopic (exact) mass is 361 g/mol. The van der Waals surface area contributed by atoms with E-state index in [1.807, 2.05) is 42.5 Å². The molecule has 126 valence electrons. The van der Waals surface area contributed by atoms with E-state index in [0.29, 0.717) is 26.8 Å². The summed E-state index contributed by atoms with van der Waals surface area (Å²) in [7, 11) is 0. The fourth-order valence-corrected chi connectivity index (χ4v) is 3.55. The quantitative estimate of drug-likeness (QED) is 0.493. The first-order valence-corrected chi connectivity index (χ1v) is 8.70. The van der Waals surface area contributed by atoms with Crippen LogP contribution in [0.2, 0.25) is 0 Å². The van der Waals surface area contributed by atoms with E-state index in [1.54, 1.807) is 24.5 Å². The smallest absolute Gasteiger partial charge is 0.291 e. The molecule has 0 aliphatic carbocycles. The van der Waals surface area contributed by atoms with Crippen LogP contribution in [-0.4, -0.2) is 14.6 Å². The number of furan rings is 2. The van der Waals surface area contributed by atoms with E-state index in [4.69, 9.17) is 8.83 Å². The molecule has 26 heavy (non-hydrogen) atoms. The van der Waals surface area contributed by atoms with Gasteiger partial charge in [-0.3, -0.25) is 4.79 Å². The van der Waals surface area contributed by atoms with Gasteiger partial charge in [-0.25, -0.2) is 0 Å². The van der Waals surface area contributed by atoms with Crippen LogP contribution in [0.4, 0.5) is 0 Å². The number of fused-ring (bicyclic) bond motifs is 1. The lowest BCUT2D eigenvalue weighted by atomic mass is 10.2. The first-order chi connectivity index (χ1) is 12.8. The van der Waals surface area contributed by atoms with Gasteiger partial charge in [0.1, 0.15) is 16.1 Å². The van der Waals surface area contributed by atoms with Crippen molar-refractivity contribution in [2.45, 2.75) is 0 Å². The highest BCUT2D eigenvalue weighted by Crippen LogP contribution is 2.22. The lowest BCUT2D eigenvalue weighted by Gasteiger charge is -1.94. The molecule has 0 atom stereocenters. The summed E-state index contributed by atoms with van der Waals surface area (Å²) in [6, 6.07) is 17.0. The summed E-state index contributed by atoms with van der Waals surface area (Å²) in [5.74, 6) is 2.29. The average Bonchev–Trinajstić information content (AvgIpc) is 3.43. The van der Waals surface area contributed by atoms with E-state index in [-0.39, 0.29) is 5.56 Å². The van der Waals surface area contributed by atoms with Gasteiger partial charge >= 0.3 is 0 Å². The predicted molar refractivity (Wildman–Crippen MR) is 97.8 cm³/mol. The van der Waals surface area contributed by atoms with Crippen LogP contribution in [0.1, 0.15) is 5.76 Å². The van der Waals surface area contributed by atoms with Crippen LogP contribution >= 0.6 is 11.3 Å². The number of aromatic nitrogens is 3. The average molecular weight is 361 g/mol. The van der Waals surface area contributed by atoms with E-state index in [1.165, 1.54) is 15.9 Å². The Balaban J connectivity index is 1.55. The van der Waals surface area contributed by atoms with Gasteiger partial charge in [0, 0.05) is 11.6 Å². The fraction of sp³-hybridized carbons (Fsp3) is 0. The molecule has 0 unspecified atom stereocenters. The molecular formula is C19H11N3O3S. The van der Waals surface area contributed by atoms with Gasteiger partial charge in [0.25, 0.3) is 5.56 Å². The van der Waals surface area contributed by atoms with Crippen molar-refractivity contribution >= 4 is 22.4 Å². The van der Waals surface area contributed by atoms with Crippen LogP contribution in [0.3, 0.4) is 0 Å². The Labute approximate surface area is 150 Å². The number of benzene rings is 1. The van der Waals surface area contributed by atoms with Crippen molar-refractivity contribution in [3.63, 3.8) is 0 Å². The second kappa shape index (κ2) is 5.82. The minimum absolute atomic E-state index is 0.229. The summed E-state index contributed by atoms with van der Waals surface area (Å²) in [6.07, 6.45) is 3.26. The third kappa shape index (κ3) is 2.46. The number of nitrogens with zero attached hydrogens (tertiary/aromatic N) is 3. The van der Waals surface area contributed by atoms with E-state index in [0.717, 1.165) is 11.3 Å². The number of hydrogen-bond donors (Lipinski definition) is 0. The maximum atomic E-state index is 12.6. The van der Waals surface area contributed by atoms with Crippen molar-refractivity contribution in [3.8, 4) is 22.9 Å². The van der Waals surface area contributed by atoms with Gasteiger partial charge in [-0.05, 0) is 24.3 Å². The van der Waals surface area contributed by atoms with Gasteiger partial charge in [0.15, 0.2) is 5.76 Å². The maximum Gasteiger partial charge on any atom is 0.291 e. The van der Waals surface area contributed by atoms with Crippen molar-refractivity contribution in [2.24, 2.45) is 0 Å². The zero-order valence-corrected chi connectivity index (χ0v) is 14.1. The molecule has 4 aromatic heterocycles. The Morgan fingerprint density at radius 2 is 1.88 bits per heavy atom. The third-order valence-electron chi connectivity index (χ3n) is 3.88. The molecule has 6 nitrogen and oxygen atoms in total. The number of rotatable bonds is 3. The Kier molecular flexibility index (Phi) is 3.32. The van der Waals surface area contributed by atoms with Gasteiger partial charge in [-0.2, -0.15) is 9.50 Å². The molecule has 0 saturated heterocycles. The van der Waals surface area contributed by atoms with Crippen LogP contribution in [0.15, 0.2) is 74.5 Å². The second-order valence-electron chi connectivity index (χ2n) is 5.59. The van der Waals surface area contributed by atoms with Crippen molar-refractivity contribution in [2.75, 3.05) is 0 Å². The van der Waals surface area contributed by atoms with Crippen molar-refractivity contribution in [1.82, 2.24) is 14.6 Å². The van der Waals surface area contributed by atoms with Crippen LogP contribution in [0, 0.1) is 0 Å².